The molecule has 0 bridgehead atoms. The number of aromatic nitrogens is 1. The molecule has 0 aliphatic heterocycles. The summed E-state index contributed by atoms with van der Waals surface area (Å²) in [6.45, 7) is 9.14. The fourth-order valence-electron chi connectivity index (χ4n) is 2.46. The highest BCUT2D eigenvalue weighted by molar-refractivity contribution is 5.79. The summed E-state index contributed by atoms with van der Waals surface area (Å²) in [5, 5.41) is 6.48. The average Bonchev–Trinajstić information content (AvgIpc) is 2.93. The van der Waals surface area contributed by atoms with E-state index < -0.39 is 0 Å². The SMILES string of the molecule is CCCCCCCCOCCCNC(=NC)NCc1nc(C)c(C)o1. The van der Waals surface area contributed by atoms with Gasteiger partial charge in [-0.15, -0.1) is 0 Å². The molecule has 0 fully saturated rings. The third-order valence-electron chi connectivity index (χ3n) is 4.10. The van der Waals surface area contributed by atoms with E-state index in [-0.39, 0.29) is 0 Å². The van der Waals surface area contributed by atoms with Crippen molar-refractivity contribution in [2.45, 2.75) is 72.3 Å². The number of oxazole rings is 1. The highest BCUT2D eigenvalue weighted by Crippen LogP contribution is 2.07. The highest BCUT2D eigenvalue weighted by atomic mass is 16.5. The maximum absolute atomic E-state index is 5.68. The molecule has 25 heavy (non-hydrogen) atoms. The number of rotatable bonds is 13. The summed E-state index contributed by atoms with van der Waals surface area (Å²) in [6, 6.07) is 0. The van der Waals surface area contributed by atoms with E-state index >= 15 is 0 Å². The second-order valence-electron chi connectivity index (χ2n) is 6.34. The summed E-state index contributed by atoms with van der Waals surface area (Å²) in [7, 11) is 1.76. The van der Waals surface area contributed by atoms with Gasteiger partial charge in [0.1, 0.15) is 5.76 Å². The van der Waals surface area contributed by atoms with E-state index in [2.05, 4.69) is 27.5 Å². The van der Waals surface area contributed by atoms with Crippen molar-refractivity contribution in [2.75, 3.05) is 26.8 Å². The van der Waals surface area contributed by atoms with Gasteiger partial charge < -0.3 is 19.8 Å². The molecule has 1 rings (SSSR count). The Hall–Kier alpha value is -1.56. The quantitative estimate of drug-likeness (QED) is 0.322. The van der Waals surface area contributed by atoms with Gasteiger partial charge in [0, 0.05) is 26.8 Å². The third kappa shape index (κ3) is 10.1. The molecule has 1 heterocycles. The van der Waals surface area contributed by atoms with Gasteiger partial charge in [-0.05, 0) is 26.7 Å². The van der Waals surface area contributed by atoms with E-state index in [0.29, 0.717) is 12.4 Å². The molecule has 0 atom stereocenters. The van der Waals surface area contributed by atoms with Crippen LogP contribution in [0.3, 0.4) is 0 Å². The van der Waals surface area contributed by atoms with Crippen molar-refractivity contribution in [3.05, 3.63) is 17.3 Å². The number of aliphatic imine (C=N–C) groups is 1. The van der Waals surface area contributed by atoms with Crippen LogP contribution in [0.5, 0.6) is 0 Å². The largest absolute Gasteiger partial charge is 0.444 e. The van der Waals surface area contributed by atoms with E-state index in [1.165, 1.54) is 38.5 Å². The predicted octanol–water partition coefficient (Wildman–Crippen LogP) is 3.72. The van der Waals surface area contributed by atoms with Gasteiger partial charge in [0.2, 0.25) is 5.89 Å². The van der Waals surface area contributed by atoms with E-state index in [4.69, 9.17) is 9.15 Å². The number of ether oxygens (including phenoxy) is 1. The van der Waals surface area contributed by atoms with Crippen molar-refractivity contribution in [1.29, 1.82) is 0 Å². The topological polar surface area (TPSA) is 71.7 Å². The first-order chi connectivity index (χ1) is 12.2. The molecule has 0 amide bonds. The maximum atomic E-state index is 5.68. The zero-order chi connectivity index (χ0) is 18.3. The van der Waals surface area contributed by atoms with Crippen LogP contribution in [0.25, 0.3) is 0 Å². The average molecular weight is 353 g/mol. The summed E-state index contributed by atoms with van der Waals surface area (Å²) in [5.74, 6) is 2.30. The van der Waals surface area contributed by atoms with E-state index in [1.807, 2.05) is 13.8 Å². The lowest BCUT2D eigenvalue weighted by Crippen LogP contribution is -2.37. The molecule has 0 aliphatic rings. The molecule has 0 aliphatic carbocycles. The zero-order valence-electron chi connectivity index (χ0n) is 16.5. The van der Waals surface area contributed by atoms with Gasteiger partial charge in [-0.3, -0.25) is 4.99 Å². The van der Waals surface area contributed by atoms with Crippen LogP contribution in [0.1, 0.15) is 69.2 Å². The Morgan fingerprint density at radius 3 is 2.44 bits per heavy atom. The summed E-state index contributed by atoms with van der Waals surface area (Å²) in [6.07, 6.45) is 8.79. The number of aryl methyl sites for hydroxylation is 2. The van der Waals surface area contributed by atoms with Crippen LogP contribution in [-0.4, -0.2) is 37.7 Å². The monoisotopic (exact) mass is 352 g/mol. The van der Waals surface area contributed by atoms with Crippen molar-refractivity contribution in [3.8, 4) is 0 Å². The van der Waals surface area contributed by atoms with E-state index in [0.717, 1.165) is 43.6 Å². The van der Waals surface area contributed by atoms with Crippen molar-refractivity contribution < 1.29 is 9.15 Å². The lowest BCUT2D eigenvalue weighted by molar-refractivity contribution is 0.128. The summed E-state index contributed by atoms with van der Waals surface area (Å²) < 4.78 is 11.2. The molecular weight excluding hydrogens is 316 g/mol. The van der Waals surface area contributed by atoms with Crippen molar-refractivity contribution in [1.82, 2.24) is 15.6 Å². The summed E-state index contributed by atoms with van der Waals surface area (Å²) in [4.78, 5) is 8.55. The smallest absolute Gasteiger partial charge is 0.214 e. The van der Waals surface area contributed by atoms with Crippen LogP contribution in [0, 0.1) is 13.8 Å². The minimum Gasteiger partial charge on any atom is -0.444 e. The number of unbranched alkanes of at least 4 members (excludes halogenated alkanes) is 5. The van der Waals surface area contributed by atoms with Crippen LogP contribution >= 0.6 is 0 Å². The minimum atomic E-state index is 0.531. The Balaban J connectivity index is 1.98. The van der Waals surface area contributed by atoms with Crippen LogP contribution < -0.4 is 10.6 Å². The van der Waals surface area contributed by atoms with Gasteiger partial charge in [-0.1, -0.05) is 39.0 Å². The molecule has 0 radical (unpaired) electrons. The Labute approximate surface area is 152 Å². The third-order valence-corrected chi connectivity index (χ3v) is 4.10. The normalized spacial score (nSPS) is 11.8. The fraction of sp³-hybridized carbons (Fsp3) is 0.789. The zero-order valence-corrected chi connectivity index (χ0v) is 16.5. The molecule has 6 nitrogen and oxygen atoms in total. The molecular formula is C19H36N4O2. The van der Waals surface area contributed by atoms with Crippen molar-refractivity contribution in [2.24, 2.45) is 4.99 Å². The van der Waals surface area contributed by atoms with Crippen molar-refractivity contribution in [3.63, 3.8) is 0 Å². The second kappa shape index (κ2) is 13.7. The molecule has 0 spiro atoms. The molecule has 0 saturated heterocycles. The van der Waals surface area contributed by atoms with Gasteiger partial charge in [0.15, 0.2) is 5.96 Å². The van der Waals surface area contributed by atoms with E-state index in [9.17, 15) is 0 Å². The standard InChI is InChI=1S/C19H36N4O2/c1-5-6-7-8-9-10-13-24-14-11-12-21-19(20-4)22-15-18-23-16(2)17(3)25-18/h5-15H2,1-4H3,(H2,20,21,22). The summed E-state index contributed by atoms with van der Waals surface area (Å²) in [5.41, 5.74) is 0.933. The first kappa shape index (κ1) is 21.5. The molecule has 0 saturated carbocycles. The molecule has 1 aromatic heterocycles. The number of hydrogen-bond donors (Lipinski definition) is 2. The Morgan fingerprint density at radius 1 is 1.04 bits per heavy atom. The Kier molecular flexibility index (Phi) is 11.8. The maximum Gasteiger partial charge on any atom is 0.214 e. The minimum absolute atomic E-state index is 0.531. The second-order valence-corrected chi connectivity index (χ2v) is 6.34. The summed E-state index contributed by atoms with van der Waals surface area (Å²) >= 11 is 0. The number of guanidine groups is 1. The van der Waals surface area contributed by atoms with Gasteiger partial charge in [0.05, 0.1) is 12.2 Å². The van der Waals surface area contributed by atoms with Crippen LogP contribution in [0.15, 0.2) is 9.41 Å². The van der Waals surface area contributed by atoms with Crippen LogP contribution in [0.2, 0.25) is 0 Å². The first-order valence-corrected chi connectivity index (χ1v) is 9.62. The van der Waals surface area contributed by atoms with Gasteiger partial charge in [-0.25, -0.2) is 4.98 Å². The molecule has 1 aromatic rings. The molecule has 6 heteroatoms. The lowest BCUT2D eigenvalue weighted by atomic mass is 10.1. The Morgan fingerprint density at radius 2 is 1.76 bits per heavy atom. The van der Waals surface area contributed by atoms with Crippen LogP contribution in [0.4, 0.5) is 0 Å². The van der Waals surface area contributed by atoms with E-state index in [1.54, 1.807) is 7.05 Å². The molecule has 0 unspecified atom stereocenters. The molecule has 2 N–H and O–H groups in total. The fourth-order valence-corrected chi connectivity index (χ4v) is 2.46. The number of nitrogens with zero attached hydrogens (tertiary/aromatic N) is 2. The Bertz CT molecular complexity index is 466. The lowest BCUT2D eigenvalue weighted by Gasteiger charge is -2.10. The highest BCUT2D eigenvalue weighted by Gasteiger charge is 2.06. The van der Waals surface area contributed by atoms with Gasteiger partial charge in [-0.2, -0.15) is 0 Å². The van der Waals surface area contributed by atoms with Gasteiger partial charge in [0.25, 0.3) is 0 Å². The van der Waals surface area contributed by atoms with Crippen LogP contribution in [-0.2, 0) is 11.3 Å². The first-order valence-electron chi connectivity index (χ1n) is 9.62. The molecule has 0 aromatic carbocycles. The van der Waals surface area contributed by atoms with Crippen molar-refractivity contribution >= 4 is 5.96 Å². The molecule has 144 valence electrons. The number of hydrogen-bond acceptors (Lipinski definition) is 4. The number of nitrogens with one attached hydrogen (secondary N) is 2. The van der Waals surface area contributed by atoms with Gasteiger partial charge >= 0.3 is 0 Å². The predicted molar refractivity (Wildman–Crippen MR) is 103 cm³/mol.